The van der Waals surface area contributed by atoms with Gasteiger partial charge in [-0.3, -0.25) is 4.79 Å². The molecule has 19 heavy (non-hydrogen) atoms. The number of sulfonamides is 1. The van der Waals surface area contributed by atoms with Crippen LogP contribution in [0.4, 0.5) is 8.78 Å². The SMILES string of the molecule is CC(C)(CNS(=O)(=O)c1cc(F)cc(F)c1)C(=O)O. The van der Waals surface area contributed by atoms with E-state index < -0.39 is 44.5 Å². The number of hydrogen-bond donors (Lipinski definition) is 2. The molecule has 1 aromatic rings. The average molecular weight is 293 g/mol. The summed E-state index contributed by atoms with van der Waals surface area (Å²) in [5.74, 6) is -3.25. The third-order valence-corrected chi connectivity index (χ3v) is 3.81. The summed E-state index contributed by atoms with van der Waals surface area (Å²) in [6, 6.07) is 1.85. The van der Waals surface area contributed by atoms with Crippen molar-refractivity contribution in [2.24, 2.45) is 5.41 Å². The van der Waals surface area contributed by atoms with Crippen LogP contribution in [-0.4, -0.2) is 26.0 Å². The lowest BCUT2D eigenvalue weighted by molar-refractivity contribution is -0.146. The summed E-state index contributed by atoms with van der Waals surface area (Å²) >= 11 is 0. The number of aliphatic carboxylic acids is 1. The Balaban J connectivity index is 2.97. The van der Waals surface area contributed by atoms with Gasteiger partial charge in [0.05, 0.1) is 10.3 Å². The van der Waals surface area contributed by atoms with Gasteiger partial charge in [0.2, 0.25) is 10.0 Å². The van der Waals surface area contributed by atoms with E-state index in [1.54, 1.807) is 0 Å². The van der Waals surface area contributed by atoms with Crippen molar-refractivity contribution in [1.82, 2.24) is 4.72 Å². The smallest absolute Gasteiger partial charge is 0.310 e. The molecule has 0 bridgehead atoms. The highest BCUT2D eigenvalue weighted by Crippen LogP contribution is 2.17. The van der Waals surface area contributed by atoms with Gasteiger partial charge in [0.25, 0.3) is 0 Å². The summed E-state index contributed by atoms with van der Waals surface area (Å²) in [5.41, 5.74) is -1.33. The number of rotatable bonds is 5. The van der Waals surface area contributed by atoms with Crippen molar-refractivity contribution in [2.75, 3.05) is 6.54 Å². The summed E-state index contributed by atoms with van der Waals surface area (Å²) in [4.78, 5) is 10.2. The van der Waals surface area contributed by atoms with Gasteiger partial charge in [-0.05, 0) is 26.0 Å². The number of carbonyl (C=O) groups is 1. The van der Waals surface area contributed by atoms with Gasteiger partial charge in [-0.25, -0.2) is 21.9 Å². The summed E-state index contributed by atoms with van der Waals surface area (Å²) in [6.07, 6.45) is 0. The zero-order valence-corrected chi connectivity index (χ0v) is 11.1. The van der Waals surface area contributed by atoms with Crippen molar-refractivity contribution in [3.8, 4) is 0 Å². The molecule has 0 atom stereocenters. The van der Waals surface area contributed by atoms with Crippen LogP contribution in [0, 0.1) is 17.0 Å². The molecule has 2 N–H and O–H groups in total. The molecule has 0 unspecified atom stereocenters. The standard InChI is InChI=1S/C11H13F2NO4S/c1-11(2,10(15)16)6-14-19(17,18)9-4-7(12)3-8(13)5-9/h3-5,14H,6H2,1-2H3,(H,15,16). The van der Waals surface area contributed by atoms with Crippen LogP contribution in [0.25, 0.3) is 0 Å². The van der Waals surface area contributed by atoms with Crippen molar-refractivity contribution in [2.45, 2.75) is 18.7 Å². The second-order valence-electron chi connectivity index (χ2n) is 4.62. The first kappa shape index (κ1) is 15.5. The van der Waals surface area contributed by atoms with Crippen LogP contribution >= 0.6 is 0 Å². The summed E-state index contributed by atoms with van der Waals surface area (Å²) in [6.45, 7) is 2.25. The largest absolute Gasteiger partial charge is 0.481 e. The Bertz CT molecular complexity index is 578. The Morgan fingerprint density at radius 1 is 1.26 bits per heavy atom. The molecule has 0 spiro atoms. The van der Waals surface area contributed by atoms with Gasteiger partial charge in [-0.1, -0.05) is 0 Å². The molecule has 8 heteroatoms. The minimum atomic E-state index is -4.17. The molecule has 0 fully saturated rings. The zero-order valence-electron chi connectivity index (χ0n) is 10.3. The molecular weight excluding hydrogens is 280 g/mol. The molecule has 0 saturated carbocycles. The highest BCUT2D eigenvalue weighted by Gasteiger charge is 2.29. The number of carboxylic acids is 1. The molecule has 1 rings (SSSR count). The van der Waals surface area contributed by atoms with Crippen LogP contribution < -0.4 is 4.72 Å². The first-order valence-electron chi connectivity index (χ1n) is 5.24. The van der Waals surface area contributed by atoms with E-state index >= 15 is 0 Å². The van der Waals surface area contributed by atoms with Gasteiger partial charge in [0, 0.05) is 12.6 Å². The van der Waals surface area contributed by atoms with Crippen molar-refractivity contribution < 1.29 is 27.1 Å². The molecule has 0 aliphatic heterocycles. The van der Waals surface area contributed by atoms with E-state index in [2.05, 4.69) is 0 Å². The maximum absolute atomic E-state index is 12.9. The third kappa shape index (κ3) is 3.97. The summed E-state index contributed by atoms with van der Waals surface area (Å²) < 4.78 is 51.4. The summed E-state index contributed by atoms with van der Waals surface area (Å²) in [5, 5.41) is 8.84. The monoisotopic (exact) mass is 293 g/mol. The first-order valence-corrected chi connectivity index (χ1v) is 6.72. The van der Waals surface area contributed by atoms with E-state index in [0.29, 0.717) is 18.2 Å². The van der Waals surface area contributed by atoms with E-state index in [0.717, 1.165) is 0 Å². The van der Waals surface area contributed by atoms with Crippen LogP contribution in [0.5, 0.6) is 0 Å². The maximum atomic E-state index is 12.9. The Hall–Kier alpha value is -1.54. The van der Waals surface area contributed by atoms with Crippen molar-refractivity contribution in [3.05, 3.63) is 29.8 Å². The molecule has 0 heterocycles. The fourth-order valence-corrected chi connectivity index (χ4v) is 2.37. The predicted octanol–water partition coefficient (Wildman–Crippen LogP) is 1.35. The normalized spacial score (nSPS) is 12.4. The van der Waals surface area contributed by atoms with Crippen LogP contribution in [0.15, 0.2) is 23.1 Å². The van der Waals surface area contributed by atoms with Crippen molar-refractivity contribution in [1.29, 1.82) is 0 Å². The first-order chi connectivity index (χ1) is 8.54. The molecule has 0 radical (unpaired) electrons. The lowest BCUT2D eigenvalue weighted by Gasteiger charge is -2.19. The molecule has 5 nitrogen and oxygen atoms in total. The van der Waals surface area contributed by atoms with E-state index in [4.69, 9.17) is 5.11 Å². The van der Waals surface area contributed by atoms with Gasteiger partial charge < -0.3 is 5.11 Å². The van der Waals surface area contributed by atoms with Gasteiger partial charge >= 0.3 is 5.97 Å². The van der Waals surface area contributed by atoms with Crippen LogP contribution in [0.3, 0.4) is 0 Å². The van der Waals surface area contributed by atoms with Crippen molar-refractivity contribution in [3.63, 3.8) is 0 Å². The quantitative estimate of drug-likeness (QED) is 0.858. The molecule has 0 aliphatic carbocycles. The second-order valence-corrected chi connectivity index (χ2v) is 6.39. The molecular formula is C11H13F2NO4S. The van der Waals surface area contributed by atoms with Crippen molar-refractivity contribution >= 4 is 16.0 Å². The predicted molar refractivity (Wildman–Crippen MR) is 63.0 cm³/mol. The molecule has 0 amide bonds. The lowest BCUT2D eigenvalue weighted by Crippen LogP contribution is -2.38. The molecule has 0 aliphatic rings. The Kier molecular flexibility index (Phi) is 4.26. The van der Waals surface area contributed by atoms with Gasteiger partial charge in [-0.15, -0.1) is 0 Å². The Labute approximate surface area is 109 Å². The lowest BCUT2D eigenvalue weighted by atomic mass is 9.95. The van der Waals surface area contributed by atoms with E-state index in [9.17, 15) is 22.0 Å². The van der Waals surface area contributed by atoms with Gasteiger partial charge in [0.1, 0.15) is 11.6 Å². The Morgan fingerprint density at radius 2 is 1.74 bits per heavy atom. The Morgan fingerprint density at radius 3 is 2.16 bits per heavy atom. The van der Waals surface area contributed by atoms with E-state index in [-0.39, 0.29) is 0 Å². The van der Waals surface area contributed by atoms with Crippen LogP contribution in [-0.2, 0) is 14.8 Å². The van der Waals surface area contributed by atoms with E-state index in [1.807, 2.05) is 4.72 Å². The van der Waals surface area contributed by atoms with Gasteiger partial charge in [0.15, 0.2) is 0 Å². The average Bonchev–Trinajstić information content (AvgIpc) is 2.25. The second kappa shape index (κ2) is 5.22. The number of carboxylic acid groups (broad SMARTS) is 1. The molecule has 0 saturated heterocycles. The molecule has 0 aromatic heterocycles. The maximum Gasteiger partial charge on any atom is 0.310 e. The van der Waals surface area contributed by atoms with Crippen LogP contribution in [0.2, 0.25) is 0 Å². The fourth-order valence-electron chi connectivity index (χ4n) is 1.12. The number of halogens is 2. The number of hydrogen-bond acceptors (Lipinski definition) is 3. The number of nitrogens with one attached hydrogen (secondary N) is 1. The molecule has 1 aromatic carbocycles. The third-order valence-electron chi connectivity index (χ3n) is 2.43. The van der Waals surface area contributed by atoms with E-state index in [1.165, 1.54) is 13.8 Å². The van der Waals surface area contributed by atoms with Crippen LogP contribution in [0.1, 0.15) is 13.8 Å². The highest BCUT2D eigenvalue weighted by molar-refractivity contribution is 7.89. The fraction of sp³-hybridized carbons (Fsp3) is 0.364. The van der Waals surface area contributed by atoms with Gasteiger partial charge in [-0.2, -0.15) is 0 Å². The summed E-state index contributed by atoms with van der Waals surface area (Å²) in [7, 11) is -4.17. The number of benzene rings is 1. The zero-order chi connectivity index (χ0) is 14.8. The molecule has 106 valence electrons. The minimum absolute atomic E-state index is 0.400. The minimum Gasteiger partial charge on any atom is -0.481 e. The topological polar surface area (TPSA) is 83.5 Å². The highest BCUT2D eigenvalue weighted by atomic mass is 32.2.